The maximum Gasteiger partial charge on any atom is 0.247 e. The molecule has 0 saturated carbocycles. The number of hydrogen-bond donors (Lipinski definition) is 1. The highest BCUT2D eigenvalue weighted by Gasteiger charge is 2.08. The van der Waals surface area contributed by atoms with Gasteiger partial charge in [-0.15, -0.1) is 10.2 Å². The lowest BCUT2D eigenvalue weighted by Crippen LogP contribution is -2.21. The van der Waals surface area contributed by atoms with Gasteiger partial charge in [0.05, 0.1) is 6.54 Å². The van der Waals surface area contributed by atoms with Gasteiger partial charge in [-0.1, -0.05) is 11.6 Å². The van der Waals surface area contributed by atoms with Gasteiger partial charge in [0.15, 0.2) is 0 Å². The van der Waals surface area contributed by atoms with Gasteiger partial charge in [-0.3, -0.25) is 0 Å². The maximum absolute atomic E-state index is 5.89. The minimum Gasteiger partial charge on any atom is -0.419 e. The average molecular weight is 357 g/mol. The Morgan fingerprint density at radius 1 is 0.960 bits per heavy atom. The Kier molecular flexibility index (Phi) is 5.56. The van der Waals surface area contributed by atoms with E-state index in [9.17, 15) is 0 Å². The van der Waals surface area contributed by atoms with Crippen molar-refractivity contribution in [3.05, 3.63) is 59.4 Å². The number of anilines is 2. The molecule has 0 fully saturated rings. The molecule has 3 aromatic rings. The molecule has 0 bridgehead atoms. The fourth-order valence-corrected chi connectivity index (χ4v) is 2.72. The molecule has 0 atom stereocenters. The molecule has 1 N–H and O–H groups in total. The largest absolute Gasteiger partial charge is 0.419 e. The number of hydrogen-bond acceptors (Lipinski definition) is 5. The van der Waals surface area contributed by atoms with Crippen molar-refractivity contribution in [2.24, 2.45) is 0 Å². The number of nitrogens with zero attached hydrogens (tertiary/aromatic N) is 3. The summed E-state index contributed by atoms with van der Waals surface area (Å²) in [5.41, 5.74) is 3.09. The Hall–Kier alpha value is -2.53. The van der Waals surface area contributed by atoms with E-state index in [1.165, 1.54) is 5.69 Å². The van der Waals surface area contributed by atoms with Crippen LogP contribution in [0.15, 0.2) is 52.9 Å². The molecule has 0 unspecified atom stereocenters. The first-order valence-electron chi connectivity index (χ1n) is 8.36. The predicted octanol–water partition coefficient (Wildman–Crippen LogP) is 4.85. The topological polar surface area (TPSA) is 54.2 Å². The van der Waals surface area contributed by atoms with Crippen LogP contribution in [0, 0.1) is 0 Å². The Bertz CT molecular complexity index is 795. The van der Waals surface area contributed by atoms with E-state index in [0.29, 0.717) is 23.3 Å². The van der Waals surface area contributed by atoms with E-state index >= 15 is 0 Å². The molecule has 1 heterocycles. The smallest absolute Gasteiger partial charge is 0.247 e. The van der Waals surface area contributed by atoms with E-state index in [-0.39, 0.29) is 0 Å². The lowest BCUT2D eigenvalue weighted by atomic mass is 10.2. The summed E-state index contributed by atoms with van der Waals surface area (Å²) in [6.45, 7) is 6.79. The molecule has 6 heteroatoms. The molecule has 0 amide bonds. The molecule has 130 valence electrons. The second-order valence-electron chi connectivity index (χ2n) is 5.58. The van der Waals surface area contributed by atoms with Gasteiger partial charge < -0.3 is 14.6 Å². The predicted molar refractivity (Wildman–Crippen MR) is 102 cm³/mol. The monoisotopic (exact) mass is 356 g/mol. The quantitative estimate of drug-likeness (QED) is 0.656. The Morgan fingerprint density at radius 2 is 1.64 bits per heavy atom. The zero-order valence-electron chi connectivity index (χ0n) is 14.4. The molecule has 5 nitrogen and oxygen atoms in total. The van der Waals surface area contributed by atoms with Crippen LogP contribution in [0.25, 0.3) is 11.5 Å². The van der Waals surface area contributed by atoms with E-state index in [1.807, 2.05) is 12.1 Å². The van der Waals surface area contributed by atoms with Gasteiger partial charge >= 0.3 is 0 Å². The first-order chi connectivity index (χ1) is 12.2. The normalized spacial score (nSPS) is 10.7. The van der Waals surface area contributed by atoms with Crippen molar-refractivity contribution < 1.29 is 4.42 Å². The summed E-state index contributed by atoms with van der Waals surface area (Å²) in [6.07, 6.45) is 0. The maximum atomic E-state index is 5.89. The van der Waals surface area contributed by atoms with Crippen LogP contribution >= 0.6 is 11.6 Å². The van der Waals surface area contributed by atoms with Gasteiger partial charge in [-0.2, -0.15) is 0 Å². The van der Waals surface area contributed by atoms with Crippen LogP contribution in [-0.2, 0) is 6.54 Å². The van der Waals surface area contributed by atoms with Crippen molar-refractivity contribution in [1.29, 1.82) is 0 Å². The molecular weight excluding hydrogens is 336 g/mol. The van der Waals surface area contributed by atoms with Crippen LogP contribution < -0.4 is 10.2 Å². The van der Waals surface area contributed by atoms with Gasteiger partial charge in [0, 0.05) is 35.1 Å². The molecule has 0 saturated heterocycles. The first kappa shape index (κ1) is 17.3. The van der Waals surface area contributed by atoms with Crippen LogP contribution in [0.1, 0.15) is 19.7 Å². The average Bonchev–Trinajstić information content (AvgIpc) is 3.12. The molecule has 1 aromatic heterocycles. The highest BCUT2D eigenvalue weighted by molar-refractivity contribution is 6.30. The lowest BCUT2D eigenvalue weighted by Gasteiger charge is -2.21. The van der Waals surface area contributed by atoms with Gasteiger partial charge in [0.2, 0.25) is 11.8 Å². The van der Waals surface area contributed by atoms with Crippen molar-refractivity contribution in [3.8, 4) is 11.5 Å². The molecule has 0 spiro atoms. The van der Waals surface area contributed by atoms with Crippen molar-refractivity contribution in [2.45, 2.75) is 20.4 Å². The second kappa shape index (κ2) is 8.03. The molecule has 2 aromatic carbocycles. The molecule has 25 heavy (non-hydrogen) atoms. The van der Waals surface area contributed by atoms with Gasteiger partial charge in [-0.05, 0) is 62.4 Å². The van der Waals surface area contributed by atoms with Gasteiger partial charge in [-0.25, -0.2) is 0 Å². The zero-order valence-corrected chi connectivity index (χ0v) is 15.1. The summed E-state index contributed by atoms with van der Waals surface area (Å²) >= 11 is 5.89. The van der Waals surface area contributed by atoms with Crippen molar-refractivity contribution in [2.75, 3.05) is 23.3 Å². The Labute approximate surface area is 152 Å². The second-order valence-corrected chi connectivity index (χ2v) is 6.02. The number of aromatic nitrogens is 2. The molecule has 0 aliphatic heterocycles. The van der Waals surface area contributed by atoms with Crippen LogP contribution in [0.4, 0.5) is 11.4 Å². The molecule has 0 radical (unpaired) electrons. The minimum atomic E-state index is 0.477. The number of halogens is 1. The third-order valence-corrected chi connectivity index (χ3v) is 4.25. The van der Waals surface area contributed by atoms with E-state index in [0.717, 1.165) is 24.3 Å². The summed E-state index contributed by atoms with van der Waals surface area (Å²) in [5, 5.41) is 12.1. The number of nitrogens with one attached hydrogen (secondary N) is 1. The van der Waals surface area contributed by atoms with E-state index < -0.39 is 0 Å². The third-order valence-electron chi connectivity index (χ3n) is 4.00. The molecule has 3 rings (SSSR count). The van der Waals surface area contributed by atoms with E-state index in [2.05, 4.69) is 58.5 Å². The van der Waals surface area contributed by atoms with Gasteiger partial charge in [0.1, 0.15) is 0 Å². The summed E-state index contributed by atoms with van der Waals surface area (Å²) in [7, 11) is 0. The number of benzene rings is 2. The third kappa shape index (κ3) is 4.31. The standard InChI is InChI=1S/C19H21ClN4O/c1-3-24(4-2)17-11-9-16(10-12-17)21-13-18-22-23-19(25-18)14-5-7-15(20)8-6-14/h5-12,21H,3-4,13H2,1-2H3. The Morgan fingerprint density at radius 3 is 2.28 bits per heavy atom. The summed E-state index contributed by atoms with van der Waals surface area (Å²) in [5.74, 6) is 1.03. The van der Waals surface area contributed by atoms with Crippen LogP contribution in [0.3, 0.4) is 0 Å². The number of rotatable bonds is 7. The Balaban J connectivity index is 1.61. The van der Waals surface area contributed by atoms with Gasteiger partial charge in [0.25, 0.3) is 0 Å². The first-order valence-corrected chi connectivity index (χ1v) is 8.74. The lowest BCUT2D eigenvalue weighted by molar-refractivity contribution is 0.515. The van der Waals surface area contributed by atoms with Crippen LogP contribution in [0.5, 0.6) is 0 Å². The minimum absolute atomic E-state index is 0.477. The molecular formula is C19H21ClN4O. The molecule has 0 aliphatic rings. The van der Waals surface area contributed by atoms with Crippen LogP contribution in [0.2, 0.25) is 5.02 Å². The highest BCUT2D eigenvalue weighted by Crippen LogP contribution is 2.21. The SMILES string of the molecule is CCN(CC)c1ccc(NCc2nnc(-c3ccc(Cl)cc3)o2)cc1. The van der Waals surface area contributed by atoms with Crippen molar-refractivity contribution in [1.82, 2.24) is 10.2 Å². The fourth-order valence-electron chi connectivity index (χ4n) is 2.59. The zero-order chi connectivity index (χ0) is 17.6. The molecule has 0 aliphatic carbocycles. The highest BCUT2D eigenvalue weighted by atomic mass is 35.5. The van der Waals surface area contributed by atoms with E-state index in [4.69, 9.17) is 16.0 Å². The fraction of sp³-hybridized carbons (Fsp3) is 0.263. The summed E-state index contributed by atoms with van der Waals surface area (Å²) in [6, 6.07) is 15.7. The van der Waals surface area contributed by atoms with Crippen molar-refractivity contribution >= 4 is 23.0 Å². The summed E-state index contributed by atoms with van der Waals surface area (Å²) in [4.78, 5) is 2.31. The van der Waals surface area contributed by atoms with Crippen molar-refractivity contribution in [3.63, 3.8) is 0 Å². The van der Waals surface area contributed by atoms with E-state index in [1.54, 1.807) is 12.1 Å². The summed E-state index contributed by atoms with van der Waals surface area (Å²) < 4.78 is 5.69. The van der Waals surface area contributed by atoms with Crippen LogP contribution in [-0.4, -0.2) is 23.3 Å².